The Labute approximate surface area is 126 Å². The van der Waals surface area contributed by atoms with E-state index in [9.17, 15) is 4.79 Å². The van der Waals surface area contributed by atoms with Crippen molar-refractivity contribution in [3.8, 4) is 0 Å². The van der Waals surface area contributed by atoms with Crippen LogP contribution < -0.4 is 5.32 Å². The van der Waals surface area contributed by atoms with Gasteiger partial charge in [0, 0.05) is 23.5 Å². The molecule has 0 aliphatic carbocycles. The maximum Gasteiger partial charge on any atom is 0.253 e. The van der Waals surface area contributed by atoms with Crippen LogP contribution in [0.1, 0.15) is 30.1 Å². The number of nitrogens with zero attached hydrogens (tertiary/aromatic N) is 1. The Hall–Kier alpha value is -1.00. The van der Waals surface area contributed by atoms with Crippen LogP contribution in [-0.2, 0) is 0 Å². The van der Waals surface area contributed by atoms with Crippen LogP contribution in [0.4, 0.5) is 0 Å². The van der Waals surface area contributed by atoms with Crippen molar-refractivity contribution in [1.29, 1.82) is 0 Å². The number of rotatable bonds is 5. The third-order valence-corrected chi connectivity index (χ3v) is 4.69. The van der Waals surface area contributed by atoms with Crippen LogP contribution in [0.25, 0.3) is 0 Å². The zero-order chi connectivity index (χ0) is 14.4. The third kappa shape index (κ3) is 4.00. The number of nitrogens with one attached hydrogen (secondary N) is 1. The van der Waals surface area contributed by atoms with Gasteiger partial charge in [-0.3, -0.25) is 4.79 Å². The molecule has 4 heteroatoms. The highest BCUT2D eigenvalue weighted by atomic mass is 32.2. The number of benzene rings is 1. The number of carbonyl (C=O) groups excluding carboxylic acids is 1. The van der Waals surface area contributed by atoms with Gasteiger partial charge in [-0.25, -0.2) is 0 Å². The largest absolute Gasteiger partial charge is 0.339 e. The van der Waals surface area contributed by atoms with E-state index in [4.69, 9.17) is 0 Å². The fourth-order valence-corrected chi connectivity index (χ4v) is 3.06. The Morgan fingerprint density at radius 3 is 2.50 bits per heavy atom. The summed E-state index contributed by atoms with van der Waals surface area (Å²) >= 11 is 1.70. The first-order valence-corrected chi connectivity index (χ1v) is 8.61. The summed E-state index contributed by atoms with van der Waals surface area (Å²) in [4.78, 5) is 15.7. The predicted octanol–water partition coefficient (Wildman–Crippen LogP) is 2.87. The van der Waals surface area contributed by atoms with E-state index in [1.54, 1.807) is 11.8 Å². The molecule has 0 aromatic heterocycles. The topological polar surface area (TPSA) is 32.3 Å². The molecule has 0 atom stereocenters. The second-order valence-corrected chi connectivity index (χ2v) is 6.15. The number of piperidine rings is 1. The van der Waals surface area contributed by atoms with E-state index in [0.29, 0.717) is 5.92 Å². The number of carbonyl (C=O) groups is 1. The highest BCUT2D eigenvalue weighted by molar-refractivity contribution is 7.98. The first-order valence-electron chi connectivity index (χ1n) is 7.38. The van der Waals surface area contributed by atoms with Gasteiger partial charge in [0.05, 0.1) is 0 Å². The molecule has 1 N–H and O–H groups in total. The number of amides is 1. The maximum absolute atomic E-state index is 12.6. The van der Waals surface area contributed by atoms with Gasteiger partial charge in [0.2, 0.25) is 0 Å². The maximum atomic E-state index is 12.6. The van der Waals surface area contributed by atoms with Crippen LogP contribution in [0.2, 0.25) is 0 Å². The summed E-state index contributed by atoms with van der Waals surface area (Å²) < 4.78 is 0. The van der Waals surface area contributed by atoms with Crippen molar-refractivity contribution in [1.82, 2.24) is 10.2 Å². The van der Waals surface area contributed by atoms with Gasteiger partial charge in [0.15, 0.2) is 0 Å². The molecule has 1 fully saturated rings. The first kappa shape index (κ1) is 15.4. The highest BCUT2D eigenvalue weighted by Crippen LogP contribution is 2.18. The summed E-state index contributed by atoms with van der Waals surface area (Å²) in [5.41, 5.74) is 0.804. The summed E-state index contributed by atoms with van der Waals surface area (Å²) in [6.45, 7) is 5.90. The molecule has 0 spiro atoms. The van der Waals surface area contributed by atoms with E-state index >= 15 is 0 Å². The minimum Gasteiger partial charge on any atom is -0.339 e. The Morgan fingerprint density at radius 1 is 1.30 bits per heavy atom. The van der Waals surface area contributed by atoms with E-state index in [0.717, 1.165) is 31.7 Å². The molecule has 1 aromatic carbocycles. The molecule has 0 unspecified atom stereocenters. The Morgan fingerprint density at radius 2 is 1.95 bits per heavy atom. The van der Waals surface area contributed by atoms with Gasteiger partial charge < -0.3 is 10.2 Å². The highest BCUT2D eigenvalue weighted by Gasteiger charge is 2.20. The minimum atomic E-state index is 0.165. The molecular formula is C16H24N2OS. The quantitative estimate of drug-likeness (QED) is 0.847. The number of hydrogen-bond acceptors (Lipinski definition) is 3. The van der Waals surface area contributed by atoms with Crippen molar-refractivity contribution in [2.75, 3.05) is 32.4 Å². The standard InChI is InChI=1S/C16H24N2OS/c1-3-18(12-13-8-10-17-11-9-13)16(19)14-4-6-15(20-2)7-5-14/h4-7,13,17H,3,8-12H2,1-2H3. The molecule has 1 aliphatic rings. The fourth-order valence-electron chi connectivity index (χ4n) is 2.65. The number of thioether (sulfide) groups is 1. The zero-order valence-corrected chi connectivity index (χ0v) is 13.2. The zero-order valence-electron chi connectivity index (χ0n) is 12.4. The van der Waals surface area contributed by atoms with Crippen LogP contribution in [0.3, 0.4) is 0 Å². The monoisotopic (exact) mass is 292 g/mol. The van der Waals surface area contributed by atoms with E-state index < -0.39 is 0 Å². The number of hydrogen-bond donors (Lipinski definition) is 1. The molecule has 3 nitrogen and oxygen atoms in total. The van der Waals surface area contributed by atoms with Crippen LogP contribution in [-0.4, -0.2) is 43.2 Å². The Kier molecular flexibility index (Phi) is 5.92. The summed E-state index contributed by atoms with van der Waals surface area (Å²) in [5, 5.41) is 3.37. The van der Waals surface area contributed by atoms with Crippen LogP contribution in [0.15, 0.2) is 29.2 Å². The molecule has 1 amide bonds. The summed E-state index contributed by atoms with van der Waals surface area (Å²) in [6.07, 6.45) is 4.40. The molecule has 0 bridgehead atoms. The predicted molar refractivity (Wildman–Crippen MR) is 85.4 cm³/mol. The van der Waals surface area contributed by atoms with Gasteiger partial charge in [-0.1, -0.05) is 0 Å². The van der Waals surface area contributed by atoms with Crippen LogP contribution >= 0.6 is 11.8 Å². The molecule has 20 heavy (non-hydrogen) atoms. The van der Waals surface area contributed by atoms with Gasteiger partial charge in [-0.2, -0.15) is 0 Å². The molecule has 1 heterocycles. The first-order chi connectivity index (χ1) is 9.74. The lowest BCUT2D eigenvalue weighted by molar-refractivity contribution is 0.0726. The molecule has 0 saturated carbocycles. The molecular weight excluding hydrogens is 268 g/mol. The average molecular weight is 292 g/mol. The van der Waals surface area contributed by atoms with Crippen molar-refractivity contribution >= 4 is 17.7 Å². The van der Waals surface area contributed by atoms with Crippen molar-refractivity contribution in [3.05, 3.63) is 29.8 Å². The smallest absolute Gasteiger partial charge is 0.253 e. The molecule has 1 saturated heterocycles. The Balaban J connectivity index is 1.99. The molecule has 0 radical (unpaired) electrons. The van der Waals surface area contributed by atoms with Crippen molar-refractivity contribution in [2.24, 2.45) is 5.92 Å². The van der Waals surface area contributed by atoms with Crippen molar-refractivity contribution in [2.45, 2.75) is 24.7 Å². The van der Waals surface area contributed by atoms with E-state index in [1.165, 1.54) is 17.7 Å². The van der Waals surface area contributed by atoms with Crippen molar-refractivity contribution in [3.63, 3.8) is 0 Å². The molecule has 2 rings (SSSR count). The Bertz CT molecular complexity index is 427. The third-order valence-electron chi connectivity index (χ3n) is 3.94. The van der Waals surface area contributed by atoms with Crippen LogP contribution in [0, 0.1) is 5.92 Å². The van der Waals surface area contributed by atoms with Crippen LogP contribution in [0.5, 0.6) is 0 Å². The van der Waals surface area contributed by atoms with E-state index in [-0.39, 0.29) is 5.91 Å². The van der Waals surface area contributed by atoms with Gasteiger partial charge in [0.1, 0.15) is 0 Å². The van der Waals surface area contributed by atoms with Gasteiger partial charge in [-0.15, -0.1) is 11.8 Å². The lowest BCUT2D eigenvalue weighted by Crippen LogP contribution is -2.39. The van der Waals surface area contributed by atoms with E-state index in [2.05, 4.69) is 12.2 Å². The van der Waals surface area contributed by atoms with E-state index in [1.807, 2.05) is 35.4 Å². The normalized spacial score (nSPS) is 16.1. The van der Waals surface area contributed by atoms with Gasteiger partial charge in [0.25, 0.3) is 5.91 Å². The lowest BCUT2D eigenvalue weighted by Gasteiger charge is -2.29. The van der Waals surface area contributed by atoms with Gasteiger partial charge in [-0.05, 0) is 69.3 Å². The second kappa shape index (κ2) is 7.70. The van der Waals surface area contributed by atoms with Crippen molar-refractivity contribution < 1.29 is 4.79 Å². The summed E-state index contributed by atoms with van der Waals surface area (Å²) in [7, 11) is 0. The average Bonchev–Trinajstić information content (AvgIpc) is 2.53. The summed E-state index contributed by atoms with van der Waals surface area (Å²) in [5.74, 6) is 0.810. The molecule has 1 aliphatic heterocycles. The molecule has 1 aromatic rings. The minimum absolute atomic E-state index is 0.165. The summed E-state index contributed by atoms with van der Waals surface area (Å²) in [6, 6.07) is 7.94. The second-order valence-electron chi connectivity index (χ2n) is 5.27. The SMILES string of the molecule is CCN(CC1CCNCC1)C(=O)c1ccc(SC)cc1. The van der Waals surface area contributed by atoms with Gasteiger partial charge >= 0.3 is 0 Å². The fraction of sp³-hybridized carbons (Fsp3) is 0.562. The molecule has 110 valence electrons. The lowest BCUT2D eigenvalue weighted by atomic mass is 9.97.